The molecule has 1 aliphatic carbocycles. The number of amides is 2. The Morgan fingerprint density at radius 3 is 2.53 bits per heavy atom. The lowest BCUT2D eigenvalue weighted by molar-refractivity contribution is -0.140. The number of carbonyl (C=O) groups is 2. The summed E-state index contributed by atoms with van der Waals surface area (Å²) in [5.41, 5.74) is 0. The van der Waals surface area contributed by atoms with Gasteiger partial charge in [-0.2, -0.15) is 0 Å². The molecule has 1 saturated carbocycles. The summed E-state index contributed by atoms with van der Waals surface area (Å²) < 4.78 is 0. The molecule has 2 unspecified atom stereocenters. The van der Waals surface area contributed by atoms with E-state index in [2.05, 4.69) is 5.32 Å². The first-order chi connectivity index (χ1) is 9.00. The first-order valence-corrected chi connectivity index (χ1v) is 7.30. The summed E-state index contributed by atoms with van der Waals surface area (Å²) in [5.74, 6) is -0.434. The van der Waals surface area contributed by atoms with E-state index in [1.807, 2.05) is 18.7 Å². The largest absolute Gasteiger partial charge is 0.480 e. The zero-order valence-corrected chi connectivity index (χ0v) is 11.8. The van der Waals surface area contributed by atoms with Crippen molar-refractivity contribution in [1.82, 2.24) is 10.2 Å². The van der Waals surface area contributed by atoms with E-state index in [0.717, 1.165) is 19.4 Å². The SMILES string of the molecule is CC(C)[C@H](NC(=O)N1CCCC2CCCC21)C(=O)O. The molecule has 1 aliphatic heterocycles. The summed E-state index contributed by atoms with van der Waals surface area (Å²) in [5, 5.41) is 11.8. The van der Waals surface area contributed by atoms with Gasteiger partial charge >= 0.3 is 12.0 Å². The number of carboxylic acid groups (broad SMARTS) is 1. The van der Waals surface area contributed by atoms with Crippen LogP contribution >= 0.6 is 0 Å². The number of nitrogens with one attached hydrogen (secondary N) is 1. The van der Waals surface area contributed by atoms with Crippen molar-refractivity contribution < 1.29 is 14.7 Å². The van der Waals surface area contributed by atoms with Crippen molar-refractivity contribution in [3.8, 4) is 0 Å². The molecular weight excluding hydrogens is 244 g/mol. The standard InChI is InChI=1S/C14H24N2O3/c1-9(2)12(13(17)18)15-14(19)16-8-4-6-10-5-3-7-11(10)16/h9-12H,3-8H2,1-2H3,(H,15,19)(H,17,18)/t10?,11?,12-/m0/s1. The molecule has 0 radical (unpaired) electrons. The minimum absolute atomic E-state index is 0.106. The highest BCUT2D eigenvalue weighted by atomic mass is 16.4. The molecule has 2 amide bonds. The molecule has 1 saturated heterocycles. The molecule has 2 fully saturated rings. The van der Waals surface area contributed by atoms with E-state index in [9.17, 15) is 9.59 Å². The smallest absolute Gasteiger partial charge is 0.326 e. The van der Waals surface area contributed by atoms with Crippen molar-refractivity contribution in [3.63, 3.8) is 0 Å². The molecule has 0 aromatic carbocycles. The molecule has 2 aliphatic rings. The quantitative estimate of drug-likeness (QED) is 0.823. The molecular formula is C14H24N2O3. The van der Waals surface area contributed by atoms with E-state index in [1.165, 1.54) is 19.3 Å². The third-order valence-corrected chi connectivity index (χ3v) is 4.47. The van der Waals surface area contributed by atoms with Gasteiger partial charge in [-0.15, -0.1) is 0 Å². The lowest BCUT2D eigenvalue weighted by Crippen LogP contribution is -2.55. The topological polar surface area (TPSA) is 69.6 Å². The molecule has 5 nitrogen and oxygen atoms in total. The van der Waals surface area contributed by atoms with Gasteiger partial charge in [0.15, 0.2) is 0 Å². The molecule has 1 heterocycles. The maximum atomic E-state index is 12.3. The highest BCUT2D eigenvalue weighted by Crippen LogP contribution is 2.36. The predicted molar refractivity (Wildman–Crippen MR) is 71.9 cm³/mol. The first kappa shape index (κ1) is 14.2. The fourth-order valence-electron chi connectivity index (χ4n) is 3.44. The Hall–Kier alpha value is -1.26. The van der Waals surface area contributed by atoms with Crippen LogP contribution in [0.25, 0.3) is 0 Å². The fraction of sp³-hybridized carbons (Fsp3) is 0.857. The summed E-state index contributed by atoms with van der Waals surface area (Å²) in [4.78, 5) is 25.3. The van der Waals surface area contributed by atoms with Gasteiger partial charge < -0.3 is 15.3 Å². The second-order valence-electron chi connectivity index (χ2n) is 6.10. The van der Waals surface area contributed by atoms with Crippen LogP contribution in [0.4, 0.5) is 4.79 Å². The lowest BCUT2D eigenvalue weighted by atomic mass is 9.92. The van der Waals surface area contributed by atoms with Gasteiger partial charge in [0.05, 0.1) is 0 Å². The monoisotopic (exact) mass is 268 g/mol. The Morgan fingerprint density at radius 2 is 1.89 bits per heavy atom. The van der Waals surface area contributed by atoms with Crippen LogP contribution in [0.1, 0.15) is 46.0 Å². The number of hydrogen-bond acceptors (Lipinski definition) is 2. The van der Waals surface area contributed by atoms with Crippen molar-refractivity contribution in [3.05, 3.63) is 0 Å². The van der Waals surface area contributed by atoms with Crippen molar-refractivity contribution in [1.29, 1.82) is 0 Å². The van der Waals surface area contributed by atoms with Gasteiger partial charge in [0.2, 0.25) is 0 Å². The van der Waals surface area contributed by atoms with Crippen LogP contribution in [0, 0.1) is 11.8 Å². The molecule has 19 heavy (non-hydrogen) atoms. The molecule has 108 valence electrons. The third-order valence-electron chi connectivity index (χ3n) is 4.47. The molecule has 2 N–H and O–H groups in total. The highest BCUT2D eigenvalue weighted by Gasteiger charge is 2.38. The molecule has 0 spiro atoms. The van der Waals surface area contributed by atoms with Gasteiger partial charge in [0.25, 0.3) is 0 Å². The second-order valence-corrected chi connectivity index (χ2v) is 6.10. The van der Waals surface area contributed by atoms with Crippen molar-refractivity contribution >= 4 is 12.0 Å². The second kappa shape index (κ2) is 5.80. The molecule has 2 rings (SSSR count). The van der Waals surface area contributed by atoms with E-state index in [0.29, 0.717) is 12.0 Å². The Balaban J connectivity index is 2.00. The van der Waals surface area contributed by atoms with Gasteiger partial charge in [-0.1, -0.05) is 20.3 Å². The molecule has 0 bridgehead atoms. The van der Waals surface area contributed by atoms with Gasteiger partial charge in [-0.3, -0.25) is 0 Å². The first-order valence-electron chi connectivity index (χ1n) is 7.30. The van der Waals surface area contributed by atoms with Crippen molar-refractivity contribution in [2.75, 3.05) is 6.54 Å². The van der Waals surface area contributed by atoms with Crippen molar-refractivity contribution in [2.24, 2.45) is 11.8 Å². The number of hydrogen-bond donors (Lipinski definition) is 2. The maximum absolute atomic E-state index is 12.3. The minimum atomic E-state index is -0.955. The van der Waals surface area contributed by atoms with Crippen LogP contribution in [0.3, 0.4) is 0 Å². The van der Waals surface area contributed by atoms with Crippen LogP contribution < -0.4 is 5.32 Å². The molecule has 3 atom stereocenters. The number of carboxylic acids is 1. The number of likely N-dealkylation sites (tertiary alicyclic amines) is 1. The third kappa shape index (κ3) is 3.01. The minimum Gasteiger partial charge on any atom is -0.480 e. The zero-order valence-electron chi connectivity index (χ0n) is 11.8. The Labute approximate surface area is 114 Å². The van der Waals surface area contributed by atoms with Crippen LogP contribution in [0.5, 0.6) is 0 Å². The number of fused-ring (bicyclic) bond motifs is 1. The summed E-state index contributed by atoms with van der Waals surface area (Å²) in [6, 6.07) is -0.665. The molecule has 0 aromatic heterocycles. The van der Waals surface area contributed by atoms with Gasteiger partial charge in [-0.05, 0) is 37.5 Å². The Kier molecular flexibility index (Phi) is 4.32. The van der Waals surface area contributed by atoms with Crippen LogP contribution in [0.2, 0.25) is 0 Å². The van der Waals surface area contributed by atoms with E-state index < -0.39 is 12.0 Å². The number of aliphatic carboxylic acids is 1. The van der Waals surface area contributed by atoms with E-state index >= 15 is 0 Å². The van der Waals surface area contributed by atoms with Gasteiger partial charge in [0.1, 0.15) is 6.04 Å². The lowest BCUT2D eigenvalue weighted by Gasteiger charge is -2.38. The average molecular weight is 268 g/mol. The number of urea groups is 1. The normalized spacial score (nSPS) is 28.1. The summed E-state index contributed by atoms with van der Waals surface area (Å²) in [6.45, 7) is 4.39. The van der Waals surface area contributed by atoms with Gasteiger partial charge in [-0.25, -0.2) is 9.59 Å². The van der Waals surface area contributed by atoms with E-state index in [4.69, 9.17) is 5.11 Å². The summed E-state index contributed by atoms with van der Waals surface area (Å²) in [7, 11) is 0. The van der Waals surface area contributed by atoms with E-state index in [-0.39, 0.29) is 11.9 Å². The number of nitrogens with zero attached hydrogens (tertiary/aromatic N) is 1. The Morgan fingerprint density at radius 1 is 1.21 bits per heavy atom. The average Bonchev–Trinajstić information content (AvgIpc) is 2.82. The Bertz CT molecular complexity index is 357. The zero-order chi connectivity index (χ0) is 14.0. The molecule has 0 aromatic rings. The number of rotatable bonds is 3. The van der Waals surface area contributed by atoms with E-state index in [1.54, 1.807) is 0 Å². The van der Waals surface area contributed by atoms with Crippen LogP contribution in [0.15, 0.2) is 0 Å². The van der Waals surface area contributed by atoms with Crippen molar-refractivity contribution in [2.45, 2.75) is 58.0 Å². The highest BCUT2D eigenvalue weighted by molar-refractivity contribution is 5.83. The fourth-order valence-corrected chi connectivity index (χ4v) is 3.44. The van der Waals surface area contributed by atoms with Gasteiger partial charge in [0, 0.05) is 12.6 Å². The van der Waals surface area contributed by atoms with Crippen LogP contribution in [-0.4, -0.2) is 40.6 Å². The number of carbonyl (C=O) groups excluding carboxylic acids is 1. The molecule has 5 heteroatoms. The number of piperidine rings is 1. The predicted octanol–water partition coefficient (Wildman–Crippen LogP) is 2.07. The maximum Gasteiger partial charge on any atom is 0.326 e. The van der Waals surface area contributed by atoms with Crippen LogP contribution in [-0.2, 0) is 4.79 Å². The summed E-state index contributed by atoms with van der Waals surface area (Å²) in [6.07, 6.45) is 5.71. The summed E-state index contributed by atoms with van der Waals surface area (Å²) >= 11 is 0.